The fraction of sp³-hybridized carbons (Fsp3) is 0.385. The zero-order valence-electron chi connectivity index (χ0n) is 11.3. The van der Waals surface area contributed by atoms with Gasteiger partial charge in [0.25, 0.3) is 11.8 Å². The lowest BCUT2D eigenvalue weighted by Gasteiger charge is -2.14. The maximum absolute atomic E-state index is 11.6. The smallest absolute Gasteiger partial charge is 0.258 e. The summed E-state index contributed by atoms with van der Waals surface area (Å²) in [5, 5.41) is 3.05. The number of hydrogen-bond donors (Lipinski definition) is 2. The van der Waals surface area contributed by atoms with Crippen molar-refractivity contribution in [1.82, 2.24) is 5.32 Å². The van der Waals surface area contributed by atoms with Gasteiger partial charge in [-0.1, -0.05) is 11.6 Å². The number of halogens is 1. The van der Waals surface area contributed by atoms with Gasteiger partial charge in [-0.2, -0.15) is 0 Å². The van der Waals surface area contributed by atoms with E-state index in [-0.39, 0.29) is 29.9 Å². The molecule has 0 aromatic heterocycles. The van der Waals surface area contributed by atoms with Crippen LogP contribution in [0.3, 0.4) is 0 Å². The average Bonchev–Trinajstić information content (AvgIpc) is 2.37. The highest BCUT2D eigenvalue weighted by atomic mass is 35.5. The van der Waals surface area contributed by atoms with Crippen LogP contribution < -0.4 is 15.8 Å². The Hall–Kier alpha value is -1.79. The van der Waals surface area contributed by atoms with Gasteiger partial charge in [0.15, 0.2) is 6.61 Å². The summed E-state index contributed by atoms with van der Waals surface area (Å²) in [4.78, 5) is 22.9. The van der Waals surface area contributed by atoms with E-state index in [1.54, 1.807) is 20.1 Å². The molecule has 20 heavy (non-hydrogen) atoms. The van der Waals surface area contributed by atoms with E-state index in [1.165, 1.54) is 12.1 Å². The number of benzene rings is 1. The Balaban J connectivity index is 2.61. The van der Waals surface area contributed by atoms with Gasteiger partial charge in [-0.15, -0.1) is 0 Å². The lowest BCUT2D eigenvalue weighted by Crippen LogP contribution is -2.38. The Morgan fingerprint density at radius 1 is 1.45 bits per heavy atom. The fourth-order valence-electron chi connectivity index (χ4n) is 1.57. The van der Waals surface area contributed by atoms with Crippen molar-refractivity contribution in [2.75, 3.05) is 20.3 Å². The van der Waals surface area contributed by atoms with E-state index in [2.05, 4.69) is 5.32 Å². The molecular weight excluding hydrogens is 284 g/mol. The number of ether oxygens (including phenoxy) is 2. The highest BCUT2D eigenvalue weighted by Crippen LogP contribution is 2.22. The van der Waals surface area contributed by atoms with Gasteiger partial charge in [0.1, 0.15) is 5.75 Å². The maximum Gasteiger partial charge on any atom is 0.258 e. The second-order valence-corrected chi connectivity index (χ2v) is 4.65. The third-order valence-electron chi connectivity index (χ3n) is 2.39. The van der Waals surface area contributed by atoms with Gasteiger partial charge in [0, 0.05) is 18.2 Å². The summed E-state index contributed by atoms with van der Waals surface area (Å²) >= 11 is 5.77. The molecule has 3 N–H and O–H groups in total. The number of hydrogen-bond acceptors (Lipinski definition) is 4. The quantitative estimate of drug-likeness (QED) is 0.785. The monoisotopic (exact) mass is 300 g/mol. The summed E-state index contributed by atoms with van der Waals surface area (Å²) in [6, 6.07) is 4.31. The van der Waals surface area contributed by atoms with Crippen LogP contribution in [0.2, 0.25) is 5.02 Å². The van der Waals surface area contributed by atoms with Crippen LogP contribution >= 0.6 is 11.6 Å². The molecule has 0 fully saturated rings. The lowest BCUT2D eigenvalue weighted by atomic mass is 10.2. The van der Waals surface area contributed by atoms with Crippen LogP contribution in [0.4, 0.5) is 0 Å². The first-order chi connectivity index (χ1) is 9.43. The van der Waals surface area contributed by atoms with E-state index in [4.69, 9.17) is 26.8 Å². The Morgan fingerprint density at radius 2 is 2.15 bits per heavy atom. The third kappa shape index (κ3) is 5.07. The Labute approximate surface area is 122 Å². The zero-order valence-corrected chi connectivity index (χ0v) is 12.1. The predicted molar refractivity (Wildman–Crippen MR) is 74.9 cm³/mol. The van der Waals surface area contributed by atoms with Crippen LogP contribution in [-0.2, 0) is 9.53 Å². The number of primary amides is 1. The maximum atomic E-state index is 11.6. The highest BCUT2D eigenvalue weighted by molar-refractivity contribution is 6.31. The molecule has 1 aromatic rings. The Kier molecular flexibility index (Phi) is 6.27. The molecule has 0 saturated carbocycles. The molecule has 0 bridgehead atoms. The van der Waals surface area contributed by atoms with E-state index in [1.807, 2.05) is 0 Å². The molecule has 0 spiro atoms. The molecule has 0 heterocycles. The van der Waals surface area contributed by atoms with Crippen molar-refractivity contribution in [2.45, 2.75) is 13.0 Å². The van der Waals surface area contributed by atoms with Gasteiger partial charge in [0.2, 0.25) is 0 Å². The van der Waals surface area contributed by atoms with Crippen LogP contribution in [-0.4, -0.2) is 38.2 Å². The summed E-state index contributed by atoms with van der Waals surface area (Å²) in [5.74, 6) is -0.771. The van der Waals surface area contributed by atoms with E-state index in [0.717, 1.165) is 0 Å². The number of methoxy groups -OCH3 is 1. The molecule has 2 amide bonds. The van der Waals surface area contributed by atoms with Crippen LogP contribution in [0.1, 0.15) is 17.3 Å². The van der Waals surface area contributed by atoms with Crippen molar-refractivity contribution < 1.29 is 19.1 Å². The summed E-state index contributed by atoms with van der Waals surface area (Å²) in [6.45, 7) is 1.98. The van der Waals surface area contributed by atoms with Gasteiger partial charge in [-0.25, -0.2) is 0 Å². The molecule has 1 atom stereocenters. The van der Waals surface area contributed by atoms with Crippen LogP contribution in [0.5, 0.6) is 5.75 Å². The summed E-state index contributed by atoms with van der Waals surface area (Å²) in [5.41, 5.74) is 5.35. The molecule has 6 nitrogen and oxygen atoms in total. The van der Waals surface area contributed by atoms with Gasteiger partial charge in [0.05, 0.1) is 12.2 Å². The highest BCUT2D eigenvalue weighted by Gasteiger charge is 2.13. The molecule has 7 heteroatoms. The molecule has 0 aliphatic carbocycles. The van der Waals surface area contributed by atoms with Gasteiger partial charge < -0.3 is 20.5 Å². The molecule has 0 saturated heterocycles. The van der Waals surface area contributed by atoms with Gasteiger partial charge >= 0.3 is 0 Å². The van der Waals surface area contributed by atoms with Crippen LogP contribution in [0.15, 0.2) is 18.2 Å². The molecular formula is C13H17ClN2O4. The van der Waals surface area contributed by atoms with Crippen molar-refractivity contribution in [3.8, 4) is 5.75 Å². The second-order valence-electron chi connectivity index (χ2n) is 4.22. The summed E-state index contributed by atoms with van der Waals surface area (Å²) < 4.78 is 10.2. The molecule has 1 rings (SSSR count). The summed E-state index contributed by atoms with van der Waals surface area (Å²) in [6.07, 6.45) is 0. The lowest BCUT2D eigenvalue weighted by molar-refractivity contribution is -0.124. The topological polar surface area (TPSA) is 90.7 Å². The largest absolute Gasteiger partial charge is 0.483 e. The number of carbonyl (C=O) groups excluding carboxylic acids is 2. The van der Waals surface area contributed by atoms with E-state index in [0.29, 0.717) is 11.6 Å². The third-order valence-corrected chi connectivity index (χ3v) is 2.62. The summed E-state index contributed by atoms with van der Waals surface area (Å²) in [7, 11) is 1.55. The first kappa shape index (κ1) is 16.3. The SMILES string of the molecule is COC[C@@H](C)NC(=O)COc1ccc(Cl)cc1C(N)=O. The molecule has 0 radical (unpaired) electrons. The first-order valence-corrected chi connectivity index (χ1v) is 6.32. The average molecular weight is 301 g/mol. The number of amides is 2. The van der Waals surface area contributed by atoms with Crippen molar-refractivity contribution in [2.24, 2.45) is 5.73 Å². The molecule has 110 valence electrons. The molecule has 0 aliphatic heterocycles. The Bertz CT molecular complexity index is 493. The number of rotatable bonds is 7. The minimum Gasteiger partial charge on any atom is -0.483 e. The normalized spacial score (nSPS) is 11.8. The standard InChI is InChI=1S/C13H17ClN2O4/c1-8(6-19-2)16-12(17)7-20-11-4-3-9(14)5-10(11)13(15)18/h3-5,8H,6-7H2,1-2H3,(H2,15,18)(H,16,17)/t8-/m1/s1. The van der Waals surface area contributed by atoms with Crippen LogP contribution in [0.25, 0.3) is 0 Å². The van der Waals surface area contributed by atoms with Crippen molar-refractivity contribution in [3.63, 3.8) is 0 Å². The van der Waals surface area contributed by atoms with Crippen molar-refractivity contribution in [1.29, 1.82) is 0 Å². The molecule has 1 aromatic carbocycles. The predicted octanol–water partition coefficient (Wildman–Crippen LogP) is 0.969. The zero-order chi connectivity index (χ0) is 15.1. The first-order valence-electron chi connectivity index (χ1n) is 5.94. The number of nitrogens with one attached hydrogen (secondary N) is 1. The fourth-order valence-corrected chi connectivity index (χ4v) is 1.74. The number of nitrogens with two attached hydrogens (primary N) is 1. The van der Waals surface area contributed by atoms with Crippen LogP contribution in [0, 0.1) is 0 Å². The number of carbonyl (C=O) groups is 2. The minimum atomic E-state index is -0.671. The van der Waals surface area contributed by atoms with Gasteiger partial charge in [-0.05, 0) is 25.1 Å². The minimum absolute atomic E-state index is 0.128. The molecule has 0 aliphatic rings. The van der Waals surface area contributed by atoms with E-state index in [9.17, 15) is 9.59 Å². The van der Waals surface area contributed by atoms with Crippen molar-refractivity contribution >= 4 is 23.4 Å². The van der Waals surface area contributed by atoms with E-state index < -0.39 is 5.91 Å². The van der Waals surface area contributed by atoms with Crippen molar-refractivity contribution in [3.05, 3.63) is 28.8 Å². The van der Waals surface area contributed by atoms with Gasteiger partial charge in [-0.3, -0.25) is 9.59 Å². The molecule has 0 unspecified atom stereocenters. The second kappa shape index (κ2) is 7.72. The Morgan fingerprint density at radius 3 is 2.75 bits per heavy atom. The van der Waals surface area contributed by atoms with E-state index >= 15 is 0 Å².